The smallest absolute Gasteiger partial charge is 0.333 e. The number of carbonyl (C=O) groups excluding carboxylic acids is 1. The third-order valence-electron chi connectivity index (χ3n) is 4.45. The molecule has 0 spiro atoms. The van der Waals surface area contributed by atoms with E-state index in [1.54, 1.807) is 6.07 Å². The van der Waals surface area contributed by atoms with E-state index in [0.29, 0.717) is 18.4 Å². The predicted octanol–water partition coefficient (Wildman–Crippen LogP) is 1.15. The first-order chi connectivity index (χ1) is 9.99. The lowest BCUT2D eigenvalue weighted by Crippen LogP contribution is -2.49. The molecule has 0 amide bonds. The van der Waals surface area contributed by atoms with Gasteiger partial charge in [-0.15, -0.1) is 0 Å². The molecule has 1 aromatic heterocycles. The summed E-state index contributed by atoms with van der Waals surface area (Å²) in [5.41, 5.74) is 9.23. The van der Waals surface area contributed by atoms with Gasteiger partial charge in [-0.3, -0.25) is 4.79 Å². The van der Waals surface area contributed by atoms with Crippen LogP contribution in [0, 0.1) is 5.92 Å². The maximum absolute atomic E-state index is 11.9. The molecule has 3 N–H and O–H groups in total. The number of nitrogens with two attached hydrogens (primary N) is 1. The summed E-state index contributed by atoms with van der Waals surface area (Å²) in [6.07, 6.45) is 4.96. The molecule has 110 valence electrons. The molecule has 2 bridgehead atoms. The van der Waals surface area contributed by atoms with E-state index in [1.165, 1.54) is 13.2 Å². The van der Waals surface area contributed by atoms with Crippen molar-refractivity contribution in [2.75, 3.05) is 7.11 Å². The number of H-pyrrole nitrogens is 1. The number of carbonyl (C=O) groups is 1. The highest BCUT2D eigenvalue weighted by Crippen LogP contribution is 2.47. The van der Waals surface area contributed by atoms with Gasteiger partial charge in [-0.05, 0) is 30.5 Å². The minimum atomic E-state index is -0.754. The van der Waals surface area contributed by atoms with Crippen molar-refractivity contribution in [3.8, 4) is 0 Å². The molecule has 2 aliphatic carbocycles. The van der Waals surface area contributed by atoms with Crippen LogP contribution in [0.3, 0.4) is 0 Å². The van der Waals surface area contributed by atoms with E-state index in [0.717, 1.165) is 16.8 Å². The number of aromatic nitrogens is 1. The predicted molar refractivity (Wildman–Crippen MR) is 78.6 cm³/mol. The van der Waals surface area contributed by atoms with E-state index >= 15 is 0 Å². The molecule has 0 aliphatic heterocycles. The summed E-state index contributed by atoms with van der Waals surface area (Å²) in [7, 11) is 1.37. The van der Waals surface area contributed by atoms with Crippen molar-refractivity contribution in [3.05, 3.63) is 57.0 Å². The van der Waals surface area contributed by atoms with Crippen LogP contribution in [0.1, 0.15) is 24.6 Å². The van der Waals surface area contributed by atoms with Crippen LogP contribution in [0.2, 0.25) is 0 Å². The number of esters is 1. The molecule has 0 saturated carbocycles. The average Bonchev–Trinajstić information content (AvgIpc) is 2.44. The maximum Gasteiger partial charge on any atom is 0.333 e. The van der Waals surface area contributed by atoms with Gasteiger partial charge in [-0.1, -0.05) is 12.2 Å². The quantitative estimate of drug-likeness (QED) is 0.599. The number of hydrogen-bond donors (Lipinski definition) is 2. The van der Waals surface area contributed by atoms with Crippen LogP contribution >= 0.6 is 0 Å². The molecule has 0 radical (unpaired) electrons. The van der Waals surface area contributed by atoms with Gasteiger partial charge in [0.15, 0.2) is 0 Å². The molecular weight excluding hydrogens is 268 g/mol. The highest BCUT2D eigenvalue weighted by atomic mass is 16.5. The molecule has 3 rings (SSSR count). The van der Waals surface area contributed by atoms with Crippen LogP contribution in [0.4, 0.5) is 0 Å². The highest BCUT2D eigenvalue weighted by Gasteiger charge is 2.45. The maximum atomic E-state index is 11.9. The molecule has 0 aromatic carbocycles. The summed E-state index contributed by atoms with van der Waals surface area (Å²) in [5.74, 6) is -0.314. The monoisotopic (exact) mass is 286 g/mol. The number of methoxy groups -OCH3 is 1. The third kappa shape index (κ3) is 1.96. The van der Waals surface area contributed by atoms with Crippen molar-refractivity contribution in [2.45, 2.75) is 25.3 Å². The molecule has 1 aromatic rings. The Morgan fingerprint density at radius 3 is 2.95 bits per heavy atom. The van der Waals surface area contributed by atoms with Crippen molar-refractivity contribution in [3.63, 3.8) is 0 Å². The molecule has 21 heavy (non-hydrogen) atoms. The zero-order valence-corrected chi connectivity index (χ0v) is 12.1. The van der Waals surface area contributed by atoms with E-state index in [1.807, 2.05) is 19.1 Å². The van der Waals surface area contributed by atoms with Gasteiger partial charge in [0.25, 0.3) is 0 Å². The van der Waals surface area contributed by atoms with Crippen molar-refractivity contribution in [1.29, 1.82) is 0 Å². The lowest BCUT2D eigenvalue weighted by Gasteiger charge is -2.45. The normalized spacial score (nSPS) is 28.8. The number of fused-ring (bicyclic) bond motifs is 4. The Balaban J connectivity index is 2.19. The van der Waals surface area contributed by atoms with Gasteiger partial charge in [0, 0.05) is 29.7 Å². The zero-order valence-electron chi connectivity index (χ0n) is 12.1. The van der Waals surface area contributed by atoms with Gasteiger partial charge in [0.2, 0.25) is 5.56 Å². The molecular formula is C16H18N2O3. The van der Waals surface area contributed by atoms with Crippen molar-refractivity contribution >= 4 is 5.97 Å². The van der Waals surface area contributed by atoms with E-state index in [-0.39, 0.29) is 17.4 Å². The molecule has 5 heteroatoms. The fourth-order valence-corrected chi connectivity index (χ4v) is 3.60. The Kier molecular flexibility index (Phi) is 3.10. The van der Waals surface area contributed by atoms with E-state index < -0.39 is 5.54 Å². The van der Waals surface area contributed by atoms with Crippen LogP contribution in [-0.4, -0.2) is 18.1 Å². The number of allylic oxidation sites excluding steroid dienone is 2. The van der Waals surface area contributed by atoms with Gasteiger partial charge in [0.1, 0.15) is 0 Å². The van der Waals surface area contributed by atoms with Crippen molar-refractivity contribution in [2.24, 2.45) is 11.7 Å². The summed E-state index contributed by atoms with van der Waals surface area (Å²) < 4.78 is 4.84. The number of nitrogens with one attached hydrogen (secondary N) is 1. The van der Waals surface area contributed by atoms with E-state index in [2.05, 4.69) is 4.98 Å². The highest BCUT2D eigenvalue weighted by molar-refractivity contribution is 5.89. The summed E-state index contributed by atoms with van der Waals surface area (Å²) >= 11 is 0. The second kappa shape index (κ2) is 4.70. The lowest BCUT2D eigenvalue weighted by molar-refractivity contribution is -0.136. The van der Waals surface area contributed by atoms with Crippen LogP contribution in [0.25, 0.3) is 0 Å². The largest absolute Gasteiger partial charge is 0.466 e. The van der Waals surface area contributed by atoms with Crippen molar-refractivity contribution in [1.82, 2.24) is 4.98 Å². The average molecular weight is 286 g/mol. The van der Waals surface area contributed by atoms with Gasteiger partial charge >= 0.3 is 5.97 Å². The Hall–Kier alpha value is -2.14. The van der Waals surface area contributed by atoms with Crippen LogP contribution in [-0.2, 0) is 21.5 Å². The van der Waals surface area contributed by atoms with Crippen molar-refractivity contribution < 1.29 is 9.53 Å². The number of hydrogen-bond acceptors (Lipinski definition) is 4. The molecule has 0 fully saturated rings. The van der Waals surface area contributed by atoms with Gasteiger partial charge in [0.05, 0.1) is 12.6 Å². The molecule has 0 saturated heterocycles. The first-order valence-corrected chi connectivity index (χ1v) is 6.97. The molecule has 1 heterocycles. The third-order valence-corrected chi connectivity index (χ3v) is 4.45. The van der Waals surface area contributed by atoms with Gasteiger partial charge in [-0.25, -0.2) is 4.79 Å². The molecule has 0 unspecified atom stereocenters. The van der Waals surface area contributed by atoms with Crippen LogP contribution < -0.4 is 11.3 Å². The van der Waals surface area contributed by atoms with E-state index in [4.69, 9.17) is 10.5 Å². The van der Waals surface area contributed by atoms with Gasteiger partial charge in [-0.2, -0.15) is 0 Å². The first-order valence-electron chi connectivity index (χ1n) is 6.97. The lowest BCUT2D eigenvalue weighted by atomic mass is 9.63. The minimum absolute atomic E-state index is 0.0217. The Bertz CT molecular complexity index is 729. The Morgan fingerprint density at radius 2 is 2.29 bits per heavy atom. The second-order valence-corrected chi connectivity index (χ2v) is 5.60. The molecule has 5 nitrogen and oxygen atoms in total. The fraction of sp³-hybridized carbons (Fsp3) is 0.375. The van der Waals surface area contributed by atoms with Crippen LogP contribution in [0.5, 0.6) is 0 Å². The number of rotatable bonds is 1. The summed E-state index contributed by atoms with van der Waals surface area (Å²) in [5, 5.41) is 0. The standard InChI is InChI=1S/C16H18N2O3/c1-3-11-9-6-10(15(20)21-2)8-16(11,17)12-4-5-14(19)18-13(12)7-9/h3-6,9H,7-8,17H2,1-2H3,(H,18,19)/b11-3+/t9-,16+/m0/s1. The zero-order chi connectivity index (χ0) is 15.2. The molecule has 2 aliphatic rings. The van der Waals surface area contributed by atoms with E-state index in [9.17, 15) is 9.59 Å². The second-order valence-electron chi connectivity index (χ2n) is 5.60. The first kappa shape index (κ1) is 13.8. The topological polar surface area (TPSA) is 85.2 Å². The fourth-order valence-electron chi connectivity index (χ4n) is 3.60. The summed E-state index contributed by atoms with van der Waals surface area (Å²) in [4.78, 5) is 26.3. The summed E-state index contributed by atoms with van der Waals surface area (Å²) in [6, 6.07) is 3.26. The number of ether oxygens (including phenoxy) is 1. The Morgan fingerprint density at radius 1 is 1.52 bits per heavy atom. The Labute approximate surface area is 122 Å². The minimum Gasteiger partial charge on any atom is -0.466 e. The van der Waals surface area contributed by atoms with Gasteiger partial charge < -0.3 is 15.5 Å². The number of aromatic amines is 1. The SMILES string of the molecule is C/C=C1\[C@H]2C=C(C(=O)OC)C[C@]1(N)c1ccc(=O)[nH]c1C2. The number of pyridine rings is 1. The van der Waals surface area contributed by atoms with Crippen LogP contribution in [0.15, 0.2) is 40.2 Å². The molecule has 2 atom stereocenters. The summed E-state index contributed by atoms with van der Waals surface area (Å²) in [6.45, 7) is 1.96.